The third-order valence-corrected chi connectivity index (χ3v) is 2.59. The van der Waals surface area contributed by atoms with Gasteiger partial charge in [-0.05, 0) is 24.6 Å². The van der Waals surface area contributed by atoms with Gasteiger partial charge < -0.3 is 15.7 Å². The van der Waals surface area contributed by atoms with Crippen LogP contribution >= 0.6 is 0 Å². The number of carbonyl (C=O) groups is 2. The summed E-state index contributed by atoms with van der Waals surface area (Å²) in [6, 6.07) is 5.67. The van der Waals surface area contributed by atoms with Crippen molar-refractivity contribution in [2.45, 2.75) is 19.4 Å². The number of rotatable bonds is 4. The van der Waals surface area contributed by atoms with Crippen molar-refractivity contribution in [3.63, 3.8) is 0 Å². The number of carboxylic acid groups (broad SMARTS) is 1. The fourth-order valence-corrected chi connectivity index (χ4v) is 1.63. The number of nitrogen functional groups attached to an aromatic ring is 1. The first-order valence-corrected chi connectivity index (χ1v) is 5.32. The van der Waals surface area contributed by atoms with Crippen LogP contribution < -0.4 is 5.73 Å². The lowest BCUT2D eigenvalue weighted by Crippen LogP contribution is -2.41. The lowest BCUT2D eigenvalue weighted by molar-refractivity contribution is -0.142. The molecule has 0 fully saturated rings. The van der Waals surface area contributed by atoms with E-state index in [4.69, 9.17) is 10.8 Å². The van der Waals surface area contributed by atoms with Crippen molar-refractivity contribution in [2.75, 3.05) is 12.8 Å². The first-order valence-electron chi connectivity index (χ1n) is 5.32. The molecule has 0 aliphatic rings. The maximum Gasteiger partial charge on any atom is 0.326 e. The first kappa shape index (κ1) is 13.0. The van der Waals surface area contributed by atoms with Crippen molar-refractivity contribution >= 4 is 17.6 Å². The van der Waals surface area contributed by atoms with Crippen LogP contribution in [0.2, 0.25) is 0 Å². The summed E-state index contributed by atoms with van der Waals surface area (Å²) in [7, 11) is 1.48. The van der Waals surface area contributed by atoms with Gasteiger partial charge in [0.05, 0.1) is 0 Å². The third-order valence-electron chi connectivity index (χ3n) is 2.59. The highest BCUT2D eigenvalue weighted by molar-refractivity contribution is 5.97. The molecule has 0 bridgehead atoms. The number of likely N-dealkylation sites (N-methyl/N-ethyl adjacent to an activating group) is 1. The Balaban J connectivity index is 2.93. The number of nitrogens with zero attached hydrogens (tertiary/aromatic N) is 1. The highest BCUT2D eigenvalue weighted by Crippen LogP contribution is 2.12. The molecule has 1 aromatic rings. The molecule has 0 heterocycles. The summed E-state index contributed by atoms with van der Waals surface area (Å²) in [6.45, 7) is 1.72. The number of carbonyl (C=O) groups excluding carboxylic acids is 1. The van der Waals surface area contributed by atoms with Gasteiger partial charge in [-0.3, -0.25) is 4.79 Å². The van der Waals surface area contributed by atoms with E-state index < -0.39 is 12.0 Å². The fourth-order valence-electron chi connectivity index (χ4n) is 1.63. The Morgan fingerprint density at radius 1 is 1.47 bits per heavy atom. The van der Waals surface area contributed by atoms with E-state index in [0.29, 0.717) is 17.7 Å². The van der Waals surface area contributed by atoms with Crippen molar-refractivity contribution in [3.8, 4) is 0 Å². The highest BCUT2D eigenvalue weighted by Gasteiger charge is 2.25. The molecule has 92 valence electrons. The largest absolute Gasteiger partial charge is 0.480 e. The predicted octanol–water partition coefficient (Wildman–Crippen LogP) is 1.20. The lowest BCUT2D eigenvalue weighted by atomic mass is 10.1. The van der Waals surface area contributed by atoms with Gasteiger partial charge in [0.15, 0.2) is 0 Å². The van der Waals surface area contributed by atoms with Crippen LogP contribution in [-0.4, -0.2) is 35.0 Å². The molecular weight excluding hydrogens is 220 g/mol. The van der Waals surface area contributed by atoms with E-state index in [2.05, 4.69) is 0 Å². The summed E-state index contributed by atoms with van der Waals surface area (Å²) in [4.78, 5) is 24.2. The van der Waals surface area contributed by atoms with Gasteiger partial charge in [-0.15, -0.1) is 0 Å². The molecule has 0 saturated carbocycles. The molecule has 5 heteroatoms. The number of aliphatic carboxylic acids is 1. The van der Waals surface area contributed by atoms with Crippen molar-refractivity contribution in [1.82, 2.24) is 4.90 Å². The average molecular weight is 236 g/mol. The van der Waals surface area contributed by atoms with Gasteiger partial charge in [0.1, 0.15) is 6.04 Å². The van der Waals surface area contributed by atoms with Gasteiger partial charge in [0.25, 0.3) is 5.91 Å². The van der Waals surface area contributed by atoms with Gasteiger partial charge in [0, 0.05) is 18.3 Å². The Kier molecular flexibility index (Phi) is 4.09. The number of benzene rings is 1. The van der Waals surface area contributed by atoms with E-state index >= 15 is 0 Å². The van der Waals surface area contributed by atoms with Crippen LogP contribution in [0, 0.1) is 0 Å². The Labute approximate surface area is 99.8 Å². The zero-order valence-corrected chi connectivity index (χ0v) is 9.88. The monoisotopic (exact) mass is 236 g/mol. The van der Waals surface area contributed by atoms with Gasteiger partial charge >= 0.3 is 5.97 Å². The number of amides is 1. The van der Waals surface area contributed by atoms with Gasteiger partial charge in [0.2, 0.25) is 0 Å². The zero-order chi connectivity index (χ0) is 13.0. The van der Waals surface area contributed by atoms with Crippen LogP contribution in [0.4, 0.5) is 5.69 Å². The molecule has 3 N–H and O–H groups in total. The molecule has 1 rings (SSSR count). The molecule has 0 aromatic heterocycles. The van der Waals surface area contributed by atoms with Crippen molar-refractivity contribution in [2.24, 2.45) is 0 Å². The van der Waals surface area contributed by atoms with Crippen molar-refractivity contribution in [1.29, 1.82) is 0 Å². The second kappa shape index (κ2) is 5.34. The van der Waals surface area contributed by atoms with E-state index in [0.717, 1.165) is 0 Å². The van der Waals surface area contributed by atoms with E-state index in [-0.39, 0.29) is 5.91 Å². The Morgan fingerprint density at radius 3 is 2.59 bits per heavy atom. The Bertz CT molecular complexity index is 432. The maximum atomic E-state index is 12.0. The number of hydrogen-bond donors (Lipinski definition) is 2. The van der Waals surface area contributed by atoms with Gasteiger partial charge in [-0.1, -0.05) is 13.0 Å². The zero-order valence-electron chi connectivity index (χ0n) is 9.88. The molecule has 5 nitrogen and oxygen atoms in total. The molecule has 0 aliphatic carbocycles. The minimum atomic E-state index is -1.01. The Hall–Kier alpha value is -2.04. The van der Waals surface area contributed by atoms with E-state index in [1.165, 1.54) is 18.0 Å². The van der Waals surface area contributed by atoms with Crippen LogP contribution in [0.25, 0.3) is 0 Å². The fraction of sp³-hybridized carbons (Fsp3) is 0.333. The molecule has 17 heavy (non-hydrogen) atoms. The molecule has 1 aromatic carbocycles. The van der Waals surface area contributed by atoms with E-state index in [9.17, 15) is 9.59 Å². The summed E-state index contributed by atoms with van der Waals surface area (Å²) >= 11 is 0. The summed E-state index contributed by atoms with van der Waals surface area (Å²) < 4.78 is 0. The van der Waals surface area contributed by atoms with Crippen LogP contribution in [0.5, 0.6) is 0 Å². The van der Waals surface area contributed by atoms with Crippen molar-refractivity contribution in [3.05, 3.63) is 29.8 Å². The topological polar surface area (TPSA) is 83.6 Å². The van der Waals surface area contributed by atoms with Crippen LogP contribution in [0.3, 0.4) is 0 Å². The lowest BCUT2D eigenvalue weighted by Gasteiger charge is -2.23. The smallest absolute Gasteiger partial charge is 0.326 e. The van der Waals surface area contributed by atoms with E-state index in [1.807, 2.05) is 0 Å². The second-order valence-electron chi connectivity index (χ2n) is 3.80. The van der Waals surface area contributed by atoms with Crippen LogP contribution in [0.15, 0.2) is 24.3 Å². The van der Waals surface area contributed by atoms with Crippen LogP contribution in [0.1, 0.15) is 23.7 Å². The molecule has 1 amide bonds. The van der Waals surface area contributed by atoms with Crippen molar-refractivity contribution < 1.29 is 14.7 Å². The quantitative estimate of drug-likeness (QED) is 0.769. The summed E-state index contributed by atoms with van der Waals surface area (Å²) in [5.41, 5.74) is 6.45. The predicted molar refractivity (Wildman–Crippen MR) is 64.7 cm³/mol. The SMILES string of the molecule is CCC(C(=O)O)N(C)C(=O)c1cccc(N)c1. The highest BCUT2D eigenvalue weighted by atomic mass is 16.4. The average Bonchev–Trinajstić information content (AvgIpc) is 2.28. The standard InChI is InChI=1S/C12H16N2O3/c1-3-10(12(16)17)14(2)11(15)8-5-4-6-9(13)7-8/h4-7,10H,3,13H2,1-2H3,(H,16,17). The van der Waals surface area contributed by atoms with Gasteiger partial charge in [-0.25, -0.2) is 4.79 Å². The summed E-state index contributed by atoms with van der Waals surface area (Å²) in [6.07, 6.45) is 0.361. The first-order chi connectivity index (χ1) is 7.97. The number of anilines is 1. The molecular formula is C12H16N2O3. The minimum Gasteiger partial charge on any atom is -0.480 e. The molecule has 0 saturated heterocycles. The number of nitrogens with two attached hydrogens (primary N) is 1. The normalized spacial score (nSPS) is 11.9. The summed E-state index contributed by atoms with van der Waals surface area (Å²) in [5.74, 6) is -1.35. The second-order valence-corrected chi connectivity index (χ2v) is 3.80. The maximum absolute atomic E-state index is 12.0. The Morgan fingerprint density at radius 2 is 2.12 bits per heavy atom. The molecule has 0 aliphatic heterocycles. The number of carboxylic acids is 1. The molecule has 1 unspecified atom stereocenters. The summed E-state index contributed by atoms with van der Waals surface area (Å²) in [5, 5.41) is 8.98. The minimum absolute atomic E-state index is 0.341. The van der Waals surface area contributed by atoms with Crippen LogP contribution in [-0.2, 0) is 4.79 Å². The van der Waals surface area contributed by atoms with Gasteiger partial charge in [-0.2, -0.15) is 0 Å². The molecule has 0 spiro atoms. The number of hydrogen-bond acceptors (Lipinski definition) is 3. The third kappa shape index (κ3) is 2.96. The van der Waals surface area contributed by atoms with E-state index in [1.54, 1.807) is 25.1 Å². The molecule has 1 atom stereocenters. The molecule has 0 radical (unpaired) electrons.